The van der Waals surface area contributed by atoms with Crippen LogP contribution in [0.25, 0.3) is 0 Å². The summed E-state index contributed by atoms with van der Waals surface area (Å²) in [5.41, 5.74) is 1.09. The highest BCUT2D eigenvalue weighted by molar-refractivity contribution is 5.78. The van der Waals surface area contributed by atoms with Crippen molar-refractivity contribution in [2.75, 3.05) is 19.6 Å². The van der Waals surface area contributed by atoms with E-state index in [-0.39, 0.29) is 5.91 Å². The number of rotatable bonds is 4. The molecule has 0 atom stereocenters. The highest BCUT2D eigenvalue weighted by atomic mass is 16.2. The molecule has 1 N–H and O–H groups in total. The van der Waals surface area contributed by atoms with Gasteiger partial charge in [-0.15, -0.1) is 0 Å². The minimum atomic E-state index is 0.115. The van der Waals surface area contributed by atoms with Crippen molar-refractivity contribution in [2.45, 2.75) is 25.8 Å². The molecule has 17 heavy (non-hydrogen) atoms. The lowest BCUT2D eigenvalue weighted by molar-refractivity contribution is -0.122. The number of hydrogen-bond acceptors (Lipinski definition) is 3. The second-order valence-corrected chi connectivity index (χ2v) is 4.47. The molecule has 0 aliphatic carbocycles. The van der Waals surface area contributed by atoms with Crippen LogP contribution in [-0.2, 0) is 11.3 Å². The van der Waals surface area contributed by atoms with Crippen LogP contribution in [0.15, 0.2) is 24.5 Å². The molecule has 0 spiro atoms. The summed E-state index contributed by atoms with van der Waals surface area (Å²) in [6.45, 7) is 3.24. The van der Waals surface area contributed by atoms with Crippen molar-refractivity contribution in [2.24, 2.45) is 0 Å². The van der Waals surface area contributed by atoms with Crippen LogP contribution in [0.5, 0.6) is 0 Å². The van der Waals surface area contributed by atoms with Crippen molar-refractivity contribution < 1.29 is 4.79 Å². The van der Waals surface area contributed by atoms with Gasteiger partial charge in [-0.3, -0.25) is 14.7 Å². The SMILES string of the molecule is O=C(CN1CCCCC1)NCc1ccncc1. The molecule has 1 aliphatic heterocycles. The van der Waals surface area contributed by atoms with Gasteiger partial charge >= 0.3 is 0 Å². The zero-order chi connectivity index (χ0) is 11.9. The van der Waals surface area contributed by atoms with E-state index in [1.54, 1.807) is 12.4 Å². The van der Waals surface area contributed by atoms with E-state index < -0.39 is 0 Å². The van der Waals surface area contributed by atoms with E-state index in [2.05, 4.69) is 15.2 Å². The van der Waals surface area contributed by atoms with E-state index >= 15 is 0 Å². The zero-order valence-electron chi connectivity index (χ0n) is 10.1. The van der Waals surface area contributed by atoms with Gasteiger partial charge in [0.1, 0.15) is 0 Å². The van der Waals surface area contributed by atoms with Gasteiger partial charge in [0.05, 0.1) is 6.54 Å². The minimum absolute atomic E-state index is 0.115. The molecule has 0 bridgehead atoms. The fraction of sp³-hybridized carbons (Fsp3) is 0.538. The lowest BCUT2D eigenvalue weighted by atomic mass is 10.1. The Hall–Kier alpha value is -1.42. The largest absolute Gasteiger partial charge is 0.351 e. The molecule has 0 aromatic carbocycles. The van der Waals surface area contributed by atoms with E-state index in [4.69, 9.17) is 0 Å². The van der Waals surface area contributed by atoms with Crippen LogP contribution in [0.2, 0.25) is 0 Å². The van der Waals surface area contributed by atoms with Crippen molar-refractivity contribution in [1.29, 1.82) is 0 Å². The van der Waals surface area contributed by atoms with E-state index in [1.165, 1.54) is 19.3 Å². The Balaban J connectivity index is 1.70. The standard InChI is InChI=1S/C13H19N3O/c17-13(11-16-8-2-1-3-9-16)15-10-12-4-6-14-7-5-12/h4-7H,1-3,8-11H2,(H,15,17). The molecule has 2 heterocycles. The summed E-state index contributed by atoms with van der Waals surface area (Å²) in [6.07, 6.45) is 7.22. The van der Waals surface area contributed by atoms with Gasteiger partial charge in [0, 0.05) is 18.9 Å². The van der Waals surface area contributed by atoms with Crippen molar-refractivity contribution in [1.82, 2.24) is 15.2 Å². The summed E-state index contributed by atoms with van der Waals surface area (Å²) in [5.74, 6) is 0.115. The first-order valence-electron chi connectivity index (χ1n) is 6.22. The Kier molecular flexibility index (Phi) is 4.50. The van der Waals surface area contributed by atoms with Gasteiger partial charge < -0.3 is 5.32 Å². The quantitative estimate of drug-likeness (QED) is 0.849. The Morgan fingerprint density at radius 1 is 1.24 bits per heavy atom. The normalized spacial score (nSPS) is 16.7. The highest BCUT2D eigenvalue weighted by Crippen LogP contribution is 2.07. The second-order valence-electron chi connectivity index (χ2n) is 4.47. The molecule has 1 aliphatic rings. The molecule has 1 aromatic heterocycles. The fourth-order valence-corrected chi connectivity index (χ4v) is 2.08. The highest BCUT2D eigenvalue weighted by Gasteiger charge is 2.13. The van der Waals surface area contributed by atoms with E-state index in [0.717, 1.165) is 18.7 Å². The first-order valence-corrected chi connectivity index (χ1v) is 6.22. The van der Waals surface area contributed by atoms with Crippen LogP contribution < -0.4 is 5.32 Å². The van der Waals surface area contributed by atoms with Crippen LogP contribution in [0.4, 0.5) is 0 Å². The summed E-state index contributed by atoms with van der Waals surface area (Å²) in [5, 5.41) is 2.94. The maximum absolute atomic E-state index is 11.7. The van der Waals surface area contributed by atoms with E-state index in [0.29, 0.717) is 13.1 Å². The van der Waals surface area contributed by atoms with Crippen molar-refractivity contribution >= 4 is 5.91 Å². The third-order valence-corrected chi connectivity index (χ3v) is 3.05. The Bertz CT molecular complexity index is 347. The molecule has 1 amide bonds. The van der Waals surface area contributed by atoms with Gasteiger partial charge in [0.15, 0.2) is 0 Å². The molecular weight excluding hydrogens is 214 g/mol. The van der Waals surface area contributed by atoms with Gasteiger partial charge in [-0.2, -0.15) is 0 Å². The summed E-state index contributed by atoms with van der Waals surface area (Å²) in [6, 6.07) is 3.84. The molecule has 1 fully saturated rings. The van der Waals surface area contributed by atoms with E-state index in [9.17, 15) is 4.79 Å². The van der Waals surface area contributed by atoms with Crippen LogP contribution in [0, 0.1) is 0 Å². The number of carbonyl (C=O) groups excluding carboxylic acids is 1. The number of amides is 1. The molecule has 2 rings (SSSR count). The Morgan fingerprint density at radius 3 is 2.65 bits per heavy atom. The van der Waals surface area contributed by atoms with E-state index in [1.807, 2.05) is 12.1 Å². The molecule has 4 heteroatoms. The second kappa shape index (κ2) is 6.35. The minimum Gasteiger partial charge on any atom is -0.351 e. The monoisotopic (exact) mass is 233 g/mol. The average molecular weight is 233 g/mol. The lowest BCUT2D eigenvalue weighted by Crippen LogP contribution is -2.39. The fourth-order valence-electron chi connectivity index (χ4n) is 2.08. The average Bonchev–Trinajstić information content (AvgIpc) is 2.39. The molecule has 0 radical (unpaired) electrons. The lowest BCUT2D eigenvalue weighted by Gasteiger charge is -2.25. The van der Waals surface area contributed by atoms with Gasteiger partial charge in [0.25, 0.3) is 0 Å². The van der Waals surface area contributed by atoms with Crippen LogP contribution in [0.3, 0.4) is 0 Å². The summed E-state index contributed by atoms with van der Waals surface area (Å²) >= 11 is 0. The van der Waals surface area contributed by atoms with Crippen molar-refractivity contribution in [3.05, 3.63) is 30.1 Å². The molecule has 4 nitrogen and oxygen atoms in total. The summed E-state index contributed by atoms with van der Waals surface area (Å²) in [7, 11) is 0. The number of hydrogen-bond donors (Lipinski definition) is 1. The Labute approximate surface area is 102 Å². The predicted molar refractivity (Wildman–Crippen MR) is 66.4 cm³/mol. The third-order valence-electron chi connectivity index (χ3n) is 3.05. The maximum Gasteiger partial charge on any atom is 0.234 e. The van der Waals surface area contributed by atoms with Crippen LogP contribution in [0.1, 0.15) is 24.8 Å². The number of nitrogens with zero attached hydrogens (tertiary/aromatic N) is 2. The topological polar surface area (TPSA) is 45.2 Å². The molecule has 1 saturated heterocycles. The molecule has 0 saturated carbocycles. The third kappa shape index (κ3) is 4.15. The summed E-state index contributed by atoms with van der Waals surface area (Å²) in [4.78, 5) is 17.9. The molecular formula is C13H19N3O. The number of likely N-dealkylation sites (tertiary alicyclic amines) is 1. The molecule has 92 valence electrons. The first kappa shape index (κ1) is 12.0. The molecule has 0 unspecified atom stereocenters. The maximum atomic E-state index is 11.7. The number of aromatic nitrogens is 1. The number of piperidine rings is 1. The van der Waals surface area contributed by atoms with Gasteiger partial charge in [-0.05, 0) is 43.6 Å². The van der Waals surface area contributed by atoms with Gasteiger partial charge in [-0.25, -0.2) is 0 Å². The van der Waals surface area contributed by atoms with Crippen LogP contribution in [-0.4, -0.2) is 35.4 Å². The predicted octanol–water partition coefficient (Wildman–Crippen LogP) is 1.18. The first-order chi connectivity index (χ1) is 8.34. The van der Waals surface area contributed by atoms with Crippen LogP contribution >= 0.6 is 0 Å². The summed E-state index contributed by atoms with van der Waals surface area (Å²) < 4.78 is 0. The number of carbonyl (C=O) groups is 1. The van der Waals surface area contributed by atoms with Crippen molar-refractivity contribution in [3.63, 3.8) is 0 Å². The zero-order valence-corrected chi connectivity index (χ0v) is 10.1. The number of nitrogens with one attached hydrogen (secondary N) is 1. The Morgan fingerprint density at radius 2 is 1.94 bits per heavy atom. The number of pyridine rings is 1. The van der Waals surface area contributed by atoms with Crippen molar-refractivity contribution in [3.8, 4) is 0 Å². The smallest absolute Gasteiger partial charge is 0.234 e. The van der Waals surface area contributed by atoms with Gasteiger partial charge in [0.2, 0.25) is 5.91 Å². The molecule has 1 aromatic rings. The van der Waals surface area contributed by atoms with Gasteiger partial charge in [-0.1, -0.05) is 6.42 Å².